The maximum absolute atomic E-state index is 14.1. The molecule has 36 heavy (non-hydrogen) atoms. The number of fused-ring (bicyclic) bond motifs is 1. The van der Waals surface area contributed by atoms with E-state index in [-0.39, 0.29) is 24.2 Å². The summed E-state index contributed by atoms with van der Waals surface area (Å²) < 4.78 is 25.7. The topological polar surface area (TPSA) is 118 Å². The van der Waals surface area contributed by atoms with Crippen molar-refractivity contribution >= 4 is 39.0 Å². The molecule has 1 saturated carbocycles. The van der Waals surface area contributed by atoms with E-state index in [2.05, 4.69) is 25.9 Å². The number of amides is 1. The Hall–Kier alpha value is -2.86. The van der Waals surface area contributed by atoms with Crippen LogP contribution in [0.4, 0.5) is 15.9 Å². The van der Waals surface area contributed by atoms with E-state index >= 15 is 0 Å². The summed E-state index contributed by atoms with van der Waals surface area (Å²) in [4.78, 5) is 23.0. The fourth-order valence-electron chi connectivity index (χ4n) is 4.60. The summed E-state index contributed by atoms with van der Waals surface area (Å²) >= 11 is 1.31. The van der Waals surface area contributed by atoms with Gasteiger partial charge < -0.3 is 30.5 Å². The molecule has 9 nitrogen and oxygen atoms in total. The number of benzene rings is 1. The predicted octanol–water partition coefficient (Wildman–Crippen LogP) is 3.28. The SMILES string of the molecule is Cc1c(C(=O)NCC2COCCN2)sc2ncnc(Nc3ccc(F)cc3O[C@H]3CC[C@H](O)CC3)c12. The zero-order valence-electron chi connectivity index (χ0n) is 20.1. The van der Waals surface area contributed by atoms with E-state index in [1.807, 2.05) is 6.92 Å². The van der Waals surface area contributed by atoms with E-state index in [0.717, 1.165) is 17.5 Å². The second-order valence-electron chi connectivity index (χ2n) is 9.21. The minimum Gasteiger partial charge on any atom is -0.488 e. The van der Waals surface area contributed by atoms with Gasteiger partial charge in [0.05, 0.1) is 41.4 Å². The smallest absolute Gasteiger partial charge is 0.261 e. The summed E-state index contributed by atoms with van der Waals surface area (Å²) in [5.41, 5.74) is 1.34. The first-order valence-corrected chi connectivity index (χ1v) is 13.0. The van der Waals surface area contributed by atoms with Gasteiger partial charge in [-0.1, -0.05) is 0 Å². The summed E-state index contributed by atoms with van der Waals surface area (Å²) in [5.74, 6) is 0.337. The van der Waals surface area contributed by atoms with Gasteiger partial charge in [0.2, 0.25) is 0 Å². The van der Waals surface area contributed by atoms with Gasteiger partial charge in [-0.15, -0.1) is 11.3 Å². The maximum atomic E-state index is 14.1. The molecule has 2 fully saturated rings. The van der Waals surface area contributed by atoms with Crippen molar-refractivity contribution in [1.82, 2.24) is 20.6 Å². The number of aliphatic hydroxyl groups is 1. The average molecular weight is 516 g/mol. The first kappa shape index (κ1) is 24.8. The van der Waals surface area contributed by atoms with E-state index < -0.39 is 5.82 Å². The van der Waals surface area contributed by atoms with Gasteiger partial charge in [-0.25, -0.2) is 14.4 Å². The molecule has 1 aliphatic heterocycles. The van der Waals surface area contributed by atoms with Crippen LogP contribution in [0.3, 0.4) is 0 Å². The molecule has 1 atom stereocenters. The Kier molecular flexibility index (Phi) is 7.61. The van der Waals surface area contributed by atoms with Crippen molar-refractivity contribution in [3.8, 4) is 5.75 Å². The minimum atomic E-state index is -0.400. The number of aromatic nitrogens is 2. The van der Waals surface area contributed by atoms with Crippen molar-refractivity contribution < 1.29 is 23.8 Å². The van der Waals surface area contributed by atoms with Crippen LogP contribution in [0.15, 0.2) is 24.5 Å². The third-order valence-electron chi connectivity index (χ3n) is 6.57. The third kappa shape index (κ3) is 5.59. The van der Waals surface area contributed by atoms with Crippen molar-refractivity contribution in [2.75, 3.05) is 31.6 Å². The van der Waals surface area contributed by atoms with Gasteiger partial charge in [0.15, 0.2) is 0 Å². The Morgan fingerprint density at radius 1 is 1.31 bits per heavy atom. The first-order chi connectivity index (χ1) is 17.5. The number of carbonyl (C=O) groups is 1. The quantitative estimate of drug-likeness (QED) is 0.379. The molecular formula is C25H30FN5O4S. The number of rotatable bonds is 7. The number of hydrogen-bond acceptors (Lipinski definition) is 9. The molecule has 1 amide bonds. The van der Waals surface area contributed by atoms with Gasteiger partial charge in [-0.05, 0) is 50.3 Å². The monoisotopic (exact) mass is 515 g/mol. The molecule has 3 aromatic rings. The number of anilines is 2. The highest BCUT2D eigenvalue weighted by Crippen LogP contribution is 2.37. The number of thiophene rings is 1. The van der Waals surface area contributed by atoms with Gasteiger partial charge in [0.25, 0.3) is 5.91 Å². The summed E-state index contributed by atoms with van der Waals surface area (Å²) in [5, 5.41) is 20.1. The lowest BCUT2D eigenvalue weighted by Gasteiger charge is -2.27. The lowest BCUT2D eigenvalue weighted by molar-refractivity contribution is 0.0668. The molecule has 5 rings (SSSR count). The van der Waals surface area contributed by atoms with Crippen LogP contribution >= 0.6 is 11.3 Å². The van der Waals surface area contributed by atoms with Crippen molar-refractivity contribution in [3.63, 3.8) is 0 Å². The molecule has 4 N–H and O–H groups in total. The number of carbonyl (C=O) groups excluding carboxylic acids is 1. The van der Waals surface area contributed by atoms with Crippen LogP contribution in [0, 0.1) is 12.7 Å². The van der Waals surface area contributed by atoms with E-state index in [1.165, 1.54) is 29.8 Å². The number of aryl methyl sites for hydroxylation is 1. The van der Waals surface area contributed by atoms with E-state index in [0.29, 0.717) is 72.4 Å². The summed E-state index contributed by atoms with van der Waals surface area (Å²) in [6, 6.07) is 4.42. The van der Waals surface area contributed by atoms with Crippen LogP contribution in [0.25, 0.3) is 10.2 Å². The van der Waals surface area contributed by atoms with Crippen LogP contribution in [-0.2, 0) is 4.74 Å². The normalized spacial score (nSPS) is 22.4. The van der Waals surface area contributed by atoms with Crippen LogP contribution in [0.1, 0.15) is 40.9 Å². The molecule has 1 aliphatic carbocycles. The largest absolute Gasteiger partial charge is 0.488 e. The number of morpholine rings is 1. The molecule has 2 aromatic heterocycles. The Balaban J connectivity index is 1.36. The molecule has 3 heterocycles. The van der Waals surface area contributed by atoms with E-state index in [4.69, 9.17) is 9.47 Å². The fourth-order valence-corrected chi connectivity index (χ4v) is 5.66. The number of hydrogen-bond donors (Lipinski definition) is 4. The van der Waals surface area contributed by atoms with Crippen LogP contribution in [-0.4, -0.2) is 65.5 Å². The number of ether oxygens (including phenoxy) is 2. The Bertz CT molecular complexity index is 1220. The number of halogens is 1. The van der Waals surface area contributed by atoms with Gasteiger partial charge >= 0.3 is 0 Å². The Labute approximate surface area is 212 Å². The van der Waals surface area contributed by atoms with Crippen LogP contribution in [0.2, 0.25) is 0 Å². The van der Waals surface area contributed by atoms with Gasteiger partial charge in [-0.2, -0.15) is 0 Å². The van der Waals surface area contributed by atoms with Crippen LogP contribution < -0.4 is 20.7 Å². The molecule has 1 aromatic carbocycles. The third-order valence-corrected chi connectivity index (χ3v) is 7.77. The standard InChI is InChI=1S/C25H30FN5O4S/c1-14-21-23(31-19-7-2-15(26)10-20(19)35-18-5-3-17(32)4-6-18)29-13-30-25(21)36-22(14)24(33)28-11-16-12-34-9-8-27-16/h2,7,10,13,16-18,27,32H,3-6,8-9,11-12H2,1H3,(H,28,33)(H,29,30,31)/t16?,17-,18-. The molecule has 1 saturated heterocycles. The van der Waals surface area contributed by atoms with E-state index in [9.17, 15) is 14.3 Å². The van der Waals surface area contributed by atoms with Gasteiger partial charge in [0, 0.05) is 25.2 Å². The zero-order valence-corrected chi connectivity index (χ0v) is 20.9. The molecule has 0 bridgehead atoms. The summed E-state index contributed by atoms with van der Waals surface area (Å²) in [6.45, 7) is 4.36. The highest BCUT2D eigenvalue weighted by atomic mass is 32.1. The van der Waals surface area contributed by atoms with Crippen molar-refractivity contribution in [2.24, 2.45) is 0 Å². The number of aliphatic hydroxyl groups excluding tert-OH is 1. The highest BCUT2D eigenvalue weighted by molar-refractivity contribution is 7.20. The van der Waals surface area contributed by atoms with Crippen molar-refractivity contribution in [3.05, 3.63) is 40.8 Å². The highest BCUT2D eigenvalue weighted by Gasteiger charge is 2.24. The average Bonchev–Trinajstić information content (AvgIpc) is 3.23. The Morgan fingerprint density at radius 3 is 2.92 bits per heavy atom. The molecule has 11 heteroatoms. The van der Waals surface area contributed by atoms with E-state index in [1.54, 1.807) is 6.07 Å². The molecule has 0 spiro atoms. The lowest BCUT2D eigenvalue weighted by Crippen LogP contribution is -2.48. The second kappa shape index (κ2) is 11.0. The summed E-state index contributed by atoms with van der Waals surface area (Å²) in [6.07, 6.45) is 3.79. The molecule has 0 radical (unpaired) electrons. The lowest BCUT2D eigenvalue weighted by atomic mass is 9.95. The number of nitrogens with one attached hydrogen (secondary N) is 3. The van der Waals surface area contributed by atoms with Crippen molar-refractivity contribution in [1.29, 1.82) is 0 Å². The minimum absolute atomic E-state index is 0.0822. The molecule has 2 aliphatic rings. The summed E-state index contributed by atoms with van der Waals surface area (Å²) in [7, 11) is 0. The maximum Gasteiger partial charge on any atom is 0.261 e. The first-order valence-electron chi connectivity index (χ1n) is 12.2. The van der Waals surface area contributed by atoms with Crippen LogP contribution in [0.5, 0.6) is 5.75 Å². The van der Waals surface area contributed by atoms with Gasteiger partial charge in [0.1, 0.15) is 28.5 Å². The fraction of sp³-hybridized carbons (Fsp3) is 0.480. The number of nitrogens with zero attached hydrogens (tertiary/aromatic N) is 2. The Morgan fingerprint density at radius 2 is 2.14 bits per heavy atom. The molecule has 192 valence electrons. The second-order valence-corrected chi connectivity index (χ2v) is 10.2. The zero-order chi connectivity index (χ0) is 25.1. The predicted molar refractivity (Wildman–Crippen MR) is 136 cm³/mol. The molecule has 1 unspecified atom stereocenters. The van der Waals surface area contributed by atoms with Gasteiger partial charge in [-0.3, -0.25) is 4.79 Å². The van der Waals surface area contributed by atoms with Crippen molar-refractivity contribution in [2.45, 2.75) is 50.9 Å². The molecular weight excluding hydrogens is 485 g/mol.